The quantitative estimate of drug-likeness (QED) is 0.729. The van der Waals surface area contributed by atoms with E-state index in [0.717, 1.165) is 13.0 Å². The van der Waals surface area contributed by atoms with Crippen LogP contribution in [-0.4, -0.2) is 12.6 Å². The molecule has 0 amide bonds. The van der Waals surface area contributed by atoms with Crippen LogP contribution in [0.5, 0.6) is 0 Å². The summed E-state index contributed by atoms with van der Waals surface area (Å²) in [4.78, 5) is 0. The summed E-state index contributed by atoms with van der Waals surface area (Å²) in [6, 6.07) is 11.2. The molecule has 0 heterocycles. The minimum atomic E-state index is 0.586. The molecule has 0 aliphatic heterocycles. The van der Waals surface area contributed by atoms with Crippen molar-refractivity contribution >= 4 is 0 Å². The van der Waals surface area contributed by atoms with Crippen molar-refractivity contribution in [1.29, 1.82) is 0 Å². The molecule has 0 unspecified atom stereocenters. The van der Waals surface area contributed by atoms with Gasteiger partial charge in [-0.05, 0) is 31.9 Å². The topological polar surface area (TPSA) is 12.0 Å². The van der Waals surface area contributed by atoms with Crippen molar-refractivity contribution in [2.24, 2.45) is 0 Å². The molecule has 1 rings (SSSR count). The van der Waals surface area contributed by atoms with Crippen molar-refractivity contribution in [1.82, 2.24) is 5.32 Å². The standard InChI is InChI=1S/C12H19N/c1-3-9-13-11(2)10-12-7-5-4-6-8-12/h4-8,11,13H,3,9-10H2,1-2H3/t11-/m0/s1. The molecule has 0 radical (unpaired) electrons. The Morgan fingerprint density at radius 3 is 2.54 bits per heavy atom. The Kier molecular flexibility index (Phi) is 4.55. The fourth-order valence-corrected chi connectivity index (χ4v) is 1.43. The van der Waals surface area contributed by atoms with Crippen LogP contribution < -0.4 is 5.32 Å². The lowest BCUT2D eigenvalue weighted by atomic mass is 10.1. The van der Waals surface area contributed by atoms with Gasteiger partial charge in [0.25, 0.3) is 0 Å². The summed E-state index contributed by atoms with van der Waals surface area (Å²) in [6.45, 7) is 5.55. The molecule has 1 N–H and O–H groups in total. The monoisotopic (exact) mass is 177 g/mol. The van der Waals surface area contributed by atoms with Crippen molar-refractivity contribution in [2.75, 3.05) is 6.54 Å². The zero-order valence-electron chi connectivity index (χ0n) is 8.59. The maximum absolute atomic E-state index is 3.48. The highest BCUT2D eigenvalue weighted by Crippen LogP contribution is 2.02. The molecule has 13 heavy (non-hydrogen) atoms. The minimum Gasteiger partial charge on any atom is -0.314 e. The molecule has 1 nitrogen and oxygen atoms in total. The summed E-state index contributed by atoms with van der Waals surface area (Å²) in [5.74, 6) is 0. The van der Waals surface area contributed by atoms with Gasteiger partial charge in [0, 0.05) is 6.04 Å². The summed E-state index contributed by atoms with van der Waals surface area (Å²) in [5, 5.41) is 3.48. The normalized spacial score (nSPS) is 12.8. The van der Waals surface area contributed by atoms with E-state index >= 15 is 0 Å². The molecule has 1 aromatic rings. The fraction of sp³-hybridized carbons (Fsp3) is 0.500. The smallest absolute Gasteiger partial charge is 0.00791 e. The maximum atomic E-state index is 3.48. The van der Waals surface area contributed by atoms with Crippen molar-refractivity contribution in [2.45, 2.75) is 32.7 Å². The van der Waals surface area contributed by atoms with Crippen molar-refractivity contribution < 1.29 is 0 Å². The van der Waals surface area contributed by atoms with Crippen LogP contribution >= 0.6 is 0 Å². The number of hydrogen-bond acceptors (Lipinski definition) is 1. The van der Waals surface area contributed by atoms with E-state index in [1.807, 2.05) is 0 Å². The number of benzene rings is 1. The van der Waals surface area contributed by atoms with Gasteiger partial charge in [0.05, 0.1) is 0 Å². The van der Waals surface area contributed by atoms with Gasteiger partial charge in [-0.3, -0.25) is 0 Å². The van der Waals surface area contributed by atoms with Crippen LogP contribution in [0.25, 0.3) is 0 Å². The van der Waals surface area contributed by atoms with E-state index in [0.29, 0.717) is 6.04 Å². The molecule has 1 aromatic carbocycles. The van der Waals surface area contributed by atoms with E-state index < -0.39 is 0 Å². The average Bonchev–Trinajstić information content (AvgIpc) is 2.16. The first-order valence-electron chi connectivity index (χ1n) is 5.10. The van der Waals surface area contributed by atoms with Crippen LogP contribution in [0.4, 0.5) is 0 Å². The maximum Gasteiger partial charge on any atom is 0.00791 e. The van der Waals surface area contributed by atoms with Gasteiger partial charge in [-0.1, -0.05) is 37.3 Å². The largest absolute Gasteiger partial charge is 0.314 e. The van der Waals surface area contributed by atoms with Gasteiger partial charge in [0.15, 0.2) is 0 Å². The molecule has 0 saturated carbocycles. The Morgan fingerprint density at radius 2 is 1.92 bits per heavy atom. The van der Waals surface area contributed by atoms with Crippen LogP contribution in [0.2, 0.25) is 0 Å². The molecule has 0 spiro atoms. The molecule has 0 aliphatic carbocycles. The van der Waals surface area contributed by atoms with E-state index in [4.69, 9.17) is 0 Å². The zero-order valence-corrected chi connectivity index (χ0v) is 8.59. The number of nitrogens with one attached hydrogen (secondary N) is 1. The second-order valence-electron chi connectivity index (χ2n) is 3.54. The molecule has 1 heteroatoms. The van der Waals surface area contributed by atoms with Crippen molar-refractivity contribution in [3.63, 3.8) is 0 Å². The van der Waals surface area contributed by atoms with Crippen molar-refractivity contribution in [3.8, 4) is 0 Å². The highest BCUT2D eigenvalue weighted by atomic mass is 14.9. The molecule has 0 fully saturated rings. The minimum absolute atomic E-state index is 0.586. The van der Waals surface area contributed by atoms with Crippen LogP contribution in [-0.2, 0) is 6.42 Å². The summed E-state index contributed by atoms with van der Waals surface area (Å²) >= 11 is 0. The van der Waals surface area contributed by atoms with E-state index in [2.05, 4.69) is 49.5 Å². The Bertz CT molecular complexity index is 218. The van der Waals surface area contributed by atoms with Gasteiger partial charge in [-0.2, -0.15) is 0 Å². The first-order chi connectivity index (χ1) is 6.33. The van der Waals surface area contributed by atoms with Gasteiger partial charge in [-0.15, -0.1) is 0 Å². The van der Waals surface area contributed by atoms with E-state index in [-0.39, 0.29) is 0 Å². The third-order valence-corrected chi connectivity index (χ3v) is 2.13. The van der Waals surface area contributed by atoms with Crippen LogP contribution in [0.1, 0.15) is 25.8 Å². The van der Waals surface area contributed by atoms with Gasteiger partial charge in [-0.25, -0.2) is 0 Å². The highest BCUT2D eigenvalue weighted by molar-refractivity contribution is 5.15. The molecule has 0 bridgehead atoms. The predicted octanol–water partition coefficient (Wildman–Crippen LogP) is 2.62. The molecule has 72 valence electrons. The van der Waals surface area contributed by atoms with Crippen LogP contribution in [0, 0.1) is 0 Å². The number of hydrogen-bond donors (Lipinski definition) is 1. The molecule has 0 aromatic heterocycles. The lowest BCUT2D eigenvalue weighted by molar-refractivity contribution is 0.543. The lowest BCUT2D eigenvalue weighted by Crippen LogP contribution is -2.28. The van der Waals surface area contributed by atoms with Gasteiger partial charge < -0.3 is 5.32 Å². The molecular formula is C12H19N. The summed E-state index contributed by atoms with van der Waals surface area (Å²) in [6.07, 6.45) is 2.33. The van der Waals surface area contributed by atoms with Gasteiger partial charge in [0.2, 0.25) is 0 Å². The second-order valence-corrected chi connectivity index (χ2v) is 3.54. The van der Waals surface area contributed by atoms with E-state index in [9.17, 15) is 0 Å². The second kappa shape index (κ2) is 5.76. The first kappa shape index (κ1) is 10.3. The average molecular weight is 177 g/mol. The third-order valence-electron chi connectivity index (χ3n) is 2.13. The van der Waals surface area contributed by atoms with Crippen LogP contribution in [0.3, 0.4) is 0 Å². The highest BCUT2D eigenvalue weighted by Gasteiger charge is 2.00. The summed E-state index contributed by atoms with van der Waals surface area (Å²) < 4.78 is 0. The molecule has 1 atom stereocenters. The fourth-order valence-electron chi connectivity index (χ4n) is 1.43. The molecule has 0 saturated heterocycles. The van der Waals surface area contributed by atoms with Gasteiger partial charge in [0.1, 0.15) is 0 Å². The van der Waals surface area contributed by atoms with Crippen molar-refractivity contribution in [3.05, 3.63) is 35.9 Å². The summed E-state index contributed by atoms with van der Waals surface area (Å²) in [7, 11) is 0. The van der Waals surface area contributed by atoms with Crippen LogP contribution in [0.15, 0.2) is 30.3 Å². The number of rotatable bonds is 5. The van der Waals surface area contributed by atoms with E-state index in [1.54, 1.807) is 0 Å². The van der Waals surface area contributed by atoms with E-state index in [1.165, 1.54) is 12.0 Å². The Balaban J connectivity index is 2.32. The Labute approximate surface area is 81.2 Å². The lowest BCUT2D eigenvalue weighted by Gasteiger charge is -2.12. The third kappa shape index (κ3) is 4.09. The Hall–Kier alpha value is -0.820. The first-order valence-corrected chi connectivity index (χ1v) is 5.10. The van der Waals surface area contributed by atoms with Gasteiger partial charge >= 0.3 is 0 Å². The SMILES string of the molecule is CCCN[C@@H](C)Cc1ccccc1. The zero-order chi connectivity index (χ0) is 9.52. The molecule has 0 aliphatic rings. The Morgan fingerprint density at radius 1 is 1.23 bits per heavy atom. The molecular weight excluding hydrogens is 158 g/mol. The summed E-state index contributed by atoms with van der Waals surface area (Å²) in [5.41, 5.74) is 1.42. The predicted molar refractivity (Wildman–Crippen MR) is 57.9 cm³/mol.